The third-order valence-electron chi connectivity index (χ3n) is 3.47. The number of aromatic nitrogens is 1. The van der Waals surface area contributed by atoms with Crippen molar-refractivity contribution in [2.45, 2.75) is 50.8 Å². The lowest BCUT2D eigenvalue weighted by Crippen LogP contribution is -2.40. The Kier molecular flexibility index (Phi) is 4.79. The van der Waals surface area contributed by atoms with Crippen molar-refractivity contribution in [2.75, 3.05) is 0 Å². The van der Waals surface area contributed by atoms with E-state index in [0.29, 0.717) is 5.92 Å². The third-order valence-corrected chi connectivity index (χ3v) is 5.49. The van der Waals surface area contributed by atoms with Crippen LogP contribution in [-0.4, -0.2) is 13.9 Å². The van der Waals surface area contributed by atoms with E-state index in [1.165, 1.54) is 19.3 Å². The molecule has 0 unspecified atom stereocenters. The molecule has 5 heteroatoms. The number of rotatable bonds is 4. The van der Waals surface area contributed by atoms with E-state index < -0.39 is 11.0 Å². The maximum absolute atomic E-state index is 12.3. The topological polar surface area (TPSA) is 42.0 Å². The van der Waals surface area contributed by atoms with E-state index in [9.17, 15) is 4.21 Å². The predicted molar refractivity (Wildman–Crippen MR) is 83.1 cm³/mol. The molecule has 0 spiro atoms. The highest BCUT2D eigenvalue weighted by molar-refractivity contribution is 9.10. The largest absolute Gasteiger partial charge is 0.244 e. The van der Waals surface area contributed by atoms with Crippen LogP contribution in [0.15, 0.2) is 22.8 Å². The van der Waals surface area contributed by atoms with Gasteiger partial charge in [-0.05, 0) is 67.6 Å². The van der Waals surface area contributed by atoms with Gasteiger partial charge in [-0.3, -0.25) is 0 Å². The van der Waals surface area contributed by atoms with Gasteiger partial charge < -0.3 is 0 Å². The van der Waals surface area contributed by atoms with Crippen molar-refractivity contribution >= 4 is 26.9 Å². The van der Waals surface area contributed by atoms with Gasteiger partial charge in [0.05, 0.1) is 27.5 Å². The first-order valence-electron chi connectivity index (χ1n) is 6.68. The van der Waals surface area contributed by atoms with E-state index >= 15 is 0 Å². The lowest BCUT2D eigenvalue weighted by molar-refractivity contribution is 0.248. The van der Waals surface area contributed by atoms with Gasteiger partial charge in [0, 0.05) is 0 Å². The molecule has 1 aliphatic carbocycles. The van der Waals surface area contributed by atoms with Gasteiger partial charge in [0.2, 0.25) is 0 Å². The van der Waals surface area contributed by atoms with Crippen molar-refractivity contribution in [3.05, 3.63) is 28.5 Å². The van der Waals surface area contributed by atoms with E-state index in [4.69, 9.17) is 0 Å². The van der Waals surface area contributed by atoms with E-state index in [0.717, 1.165) is 10.3 Å². The second kappa shape index (κ2) is 6.02. The second-order valence-corrected chi connectivity index (χ2v) is 8.86. The fourth-order valence-electron chi connectivity index (χ4n) is 2.06. The molecule has 19 heavy (non-hydrogen) atoms. The normalized spacial score (nSPS) is 19.8. The first-order valence-corrected chi connectivity index (χ1v) is 8.63. The first-order chi connectivity index (χ1) is 8.88. The Bertz CT molecular complexity index is 469. The summed E-state index contributed by atoms with van der Waals surface area (Å²) >= 11 is 3.41. The van der Waals surface area contributed by atoms with Crippen LogP contribution in [0.25, 0.3) is 0 Å². The molecule has 2 atom stereocenters. The van der Waals surface area contributed by atoms with Gasteiger partial charge in [0.25, 0.3) is 0 Å². The zero-order valence-electron chi connectivity index (χ0n) is 11.6. The van der Waals surface area contributed by atoms with Crippen LogP contribution < -0.4 is 4.72 Å². The molecule has 1 saturated carbocycles. The summed E-state index contributed by atoms with van der Waals surface area (Å²) < 4.78 is 16.2. The molecule has 1 aliphatic rings. The average Bonchev–Trinajstić information content (AvgIpc) is 2.24. The van der Waals surface area contributed by atoms with E-state index in [-0.39, 0.29) is 10.8 Å². The van der Waals surface area contributed by atoms with Crippen molar-refractivity contribution in [1.82, 2.24) is 9.71 Å². The Balaban J connectivity index is 2.19. The van der Waals surface area contributed by atoms with Gasteiger partial charge in [-0.2, -0.15) is 0 Å². The molecule has 0 radical (unpaired) electrons. The Labute approximate surface area is 126 Å². The predicted octanol–water partition coefficient (Wildman–Crippen LogP) is 3.74. The molecule has 1 heterocycles. The van der Waals surface area contributed by atoms with Gasteiger partial charge in [-0.1, -0.05) is 12.5 Å². The lowest BCUT2D eigenvalue weighted by atomic mass is 9.79. The average molecular weight is 345 g/mol. The number of pyridine rings is 1. The SMILES string of the molecule is CC(C)(C)[S@@](=O)N[C@H](c1cccc(Br)n1)C1CCC1. The summed E-state index contributed by atoms with van der Waals surface area (Å²) in [7, 11) is -1.07. The van der Waals surface area contributed by atoms with Crippen LogP contribution >= 0.6 is 15.9 Å². The van der Waals surface area contributed by atoms with Crippen LogP contribution in [0.5, 0.6) is 0 Å². The molecule has 1 N–H and O–H groups in total. The van der Waals surface area contributed by atoms with Crippen molar-refractivity contribution < 1.29 is 4.21 Å². The molecule has 0 aromatic carbocycles. The molecule has 1 aromatic heterocycles. The zero-order chi connectivity index (χ0) is 14.0. The molecule has 3 nitrogen and oxygen atoms in total. The molecule has 1 fully saturated rings. The van der Waals surface area contributed by atoms with Gasteiger partial charge in [0.1, 0.15) is 4.60 Å². The maximum atomic E-state index is 12.3. The minimum Gasteiger partial charge on any atom is -0.244 e. The highest BCUT2D eigenvalue weighted by Gasteiger charge is 2.33. The number of hydrogen-bond donors (Lipinski definition) is 1. The Morgan fingerprint density at radius 3 is 2.58 bits per heavy atom. The third kappa shape index (κ3) is 3.86. The summed E-state index contributed by atoms with van der Waals surface area (Å²) in [6, 6.07) is 6.01. The zero-order valence-corrected chi connectivity index (χ0v) is 14.1. The van der Waals surface area contributed by atoms with Crippen LogP contribution in [0.2, 0.25) is 0 Å². The minimum absolute atomic E-state index is 0.0892. The molecular weight excluding hydrogens is 324 g/mol. The number of hydrogen-bond acceptors (Lipinski definition) is 2. The Morgan fingerprint density at radius 1 is 1.42 bits per heavy atom. The van der Waals surface area contributed by atoms with Crippen LogP contribution in [0.1, 0.15) is 51.8 Å². The summed E-state index contributed by atoms with van der Waals surface area (Å²) in [4.78, 5) is 4.53. The maximum Gasteiger partial charge on any atom is 0.106 e. The van der Waals surface area contributed by atoms with Crippen LogP contribution in [0, 0.1) is 5.92 Å². The minimum atomic E-state index is -1.07. The van der Waals surface area contributed by atoms with Gasteiger partial charge >= 0.3 is 0 Å². The highest BCUT2D eigenvalue weighted by Crippen LogP contribution is 2.38. The summed E-state index contributed by atoms with van der Waals surface area (Å²) in [5.74, 6) is 0.549. The fraction of sp³-hybridized carbons (Fsp3) is 0.643. The van der Waals surface area contributed by atoms with E-state index in [2.05, 4.69) is 25.6 Å². The molecule has 0 aliphatic heterocycles. The number of halogens is 1. The number of nitrogens with zero attached hydrogens (tertiary/aromatic N) is 1. The fourth-order valence-corrected chi connectivity index (χ4v) is 3.32. The van der Waals surface area contributed by atoms with Gasteiger partial charge in [0.15, 0.2) is 0 Å². The number of nitrogens with one attached hydrogen (secondary N) is 1. The van der Waals surface area contributed by atoms with Crippen LogP contribution in [0.3, 0.4) is 0 Å². The smallest absolute Gasteiger partial charge is 0.106 e. The van der Waals surface area contributed by atoms with Gasteiger partial charge in [-0.15, -0.1) is 0 Å². The highest BCUT2D eigenvalue weighted by atomic mass is 79.9. The second-order valence-electron chi connectivity index (χ2n) is 6.05. The molecule has 0 saturated heterocycles. The van der Waals surface area contributed by atoms with Crippen LogP contribution in [0.4, 0.5) is 0 Å². The summed E-state index contributed by atoms with van der Waals surface area (Å²) in [6.45, 7) is 5.97. The first kappa shape index (κ1) is 15.1. The lowest BCUT2D eigenvalue weighted by Gasteiger charge is -2.35. The summed E-state index contributed by atoms with van der Waals surface area (Å²) in [5.41, 5.74) is 0.983. The van der Waals surface area contributed by atoms with Crippen LogP contribution in [-0.2, 0) is 11.0 Å². The van der Waals surface area contributed by atoms with Gasteiger partial charge in [-0.25, -0.2) is 13.9 Å². The van der Waals surface area contributed by atoms with Crippen molar-refractivity contribution in [1.29, 1.82) is 0 Å². The van der Waals surface area contributed by atoms with Crippen molar-refractivity contribution in [3.63, 3.8) is 0 Å². The molecule has 0 amide bonds. The molecule has 2 rings (SSSR count). The Morgan fingerprint density at radius 2 is 2.11 bits per heavy atom. The van der Waals surface area contributed by atoms with E-state index in [1.54, 1.807) is 0 Å². The standard InChI is InChI=1S/C14H21BrN2OS/c1-14(2,3)19(18)17-13(10-6-4-7-10)11-8-5-9-12(15)16-11/h5,8-10,13,17H,4,6-7H2,1-3H3/t13-,19+/m0/s1. The molecule has 106 valence electrons. The van der Waals surface area contributed by atoms with Crippen molar-refractivity contribution in [3.8, 4) is 0 Å². The molecule has 1 aromatic rings. The molecule has 0 bridgehead atoms. The van der Waals surface area contributed by atoms with E-state index in [1.807, 2.05) is 39.0 Å². The summed E-state index contributed by atoms with van der Waals surface area (Å²) in [5, 5.41) is 0. The monoisotopic (exact) mass is 344 g/mol. The summed E-state index contributed by atoms with van der Waals surface area (Å²) in [6.07, 6.45) is 3.64. The molecular formula is C14H21BrN2OS. The van der Waals surface area contributed by atoms with Crippen molar-refractivity contribution in [2.24, 2.45) is 5.92 Å². The Hall–Kier alpha value is -0.260. The quantitative estimate of drug-likeness (QED) is 0.845.